The summed E-state index contributed by atoms with van der Waals surface area (Å²) in [6.45, 7) is 2.41. The molecule has 0 saturated carbocycles. The van der Waals surface area contributed by atoms with Crippen LogP contribution in [0.15, 0.2) is 47.4 Å². The second-order valence-corrected chi connectivity index (χ2v) is 7.96. The van der Waals surface area contributed by atoms with E-state index in [2.05, 4.69) is 0 Å². The normalized spacial score (nSPS) is 18.7. The summed E-state index contributed by atoms with van der Waals surface area (Å²) in [5.74, 6) is 0.649. The highest BCUT2D eigenvalue weighted by atomic mass is 32.2. The quantitative estimate of drug-likeness (QED) is 0.927. The van der Waals surface area contributed by atoms with Gasteiger partial charge in [-0.05, 0) is 48.7 Å². The molecule has 2 aromatic carbocycles. The summed E-state index contributed by atoms with van der Waals surface area (Å²) >= 11 is 0. The number of hydrogen-bond donors (Lipinski definition) is 1. The molecule has 0 spiro atoms. The Bertz CT molecular complexity index is 831. The van der Waals surface area contributed by atoms with Gasteiger partial charge in [0.2, 0.25) is 10.0 Å². The maximum atomic E-state index is 12.9. The van der Waals surface area contributed by atoms with Crippen LogP contribution in [-0.2, 0) is 16.6 Å². The zero-order chi connectivity index (χ0) is 17.3. The van der Waals surface area contributed by atoms with Crippen LogP contribution < -0.4 is 4.74 Å². The van der Waals surface area contributed by atoms with Crippen molar-refractivity contribution in [2.45, 2.75) is 30.9 Å². The van der Waals surface area contributed by atoms with E-state index < -0.39 is 16.1 Å². The van der Waals surface area contributed by atoms with Crippen molar-refractivity contribution in [2.75, 3.05) is 13.7 Å². The van der Waals surface area contributed by atoms with Gasteiger partial charge in [-0.25, -0.2) is 8.42 Å². The molecule has 128 valence electrons. The SMILES string of the molecule is COc1ccc2c(c1)CN(S(=O)(=O)c1ccc(C)cc1)CCC2O. The molecule has 6 heteroatoms. The first kappa shape index (κ1) is 17.0. The molecule has 5 nitrogen and oxygen atoms in total. The van der Waals surface area contributed by atoms with Crippen LogP contribution in [0, 0.1) is 6.92 Å². The maximum Gasteiger partial charge on any atom is 0.243 e. The van der Waals surface area contributed by atoms with Crippen molar-refractivity contribution in [3.8, 4) is 5.75 Å². The van der Waals surface area contributed by atoms with E-state index in [-0.39, 0.29) is 18.0 Å². The maximum absolute atomic E-state index is 12.9. The van der Waals surface area contributed by atoms with Crippen molar-refractivity contribution in [3.63, 3.8) is 0 Å². The van der Waals surface area contributed by atoms with Gasteiger partial charge in [0.05, 0.1) is 18.1 Å². The Morgan fingerprint density at radius 2 is 1.88 bits per heavy atom. The number of aliphatic hydroxyl groups excluding tert-OH is 1. The molecule has 1 aliphatic rings. The minimum absolute atomic E-state index is 0.222. The lowest BCUT2D eigenvalue weighted by Gasteiger charge is -2.20. The number of ether oxygens (including phenoxy) is 1. The number of sulfonamides is 1. The Morgan fingerprint density at radius 3 is 2.54 bits per heavy atom. The molecular weight excluding hydrogens is 326 g/mol. The predicted molar refractivity (Wildman–Crippen MR) is 91.3 cm³/mol. The fourth-order valence-corrected chi connectivity index (χ4v) is 4.36. The zero-order valence-electron chi connectivity index (χ0n) is 13.8. The molecule has 1 heterocycles. The minimum atomic E-state index is -3.61. The third-order valence-corrected chi connectivity index (χ3v) is 6.23. The van der Waals surface area contributed by atoms with Crippen molar-refractivity contribution < 1.29 is 18.3 Å². The Balaban J connectivity index is 1.98. The summed E-state index contributed by atoms with van der Waals surface area (Å²) in [5.41, 5.74) is 2.54. The highest BCUT2D eigenvalue weighted by Crippen LogP contribution is 2.32. The number of benzene rings is 2. The molecular formula is C18H21NO4S. The molecule has 24 heavy (non-hydrogen) atoms. The van der Waals surface area contributed by atoms with E-state index in [1.807, 2.05) is 6.92 Å². The van der Waals surface area contributed by atoms with Crippen LogP contribution in [-0.4, -0.2) is 31.5 Å². The molecule has 2 aromatic rings. The van der Waals surface area contributed by atoms with Crippen molar-refractivity contribution in [1.82, 2.24) is 4.31 Å². The molecule has 0 aromatic heterocycles. The van der Waals surface area contributed by atoms with E-state index in [1.54, 1.807) is 49.6 Å². The summed E-state index contributed by atoms with van der Waals surface area (Å²) in [4.78, 5) is 0.272. The Hall–Kier alpha value is -1.89. The van der Waals surface area contributed by atoms with Crippen molar-refractivity contribution in [2.24, 2.45) is 0 Å². The second-order valence-electron chi connectivity index (χ2n) is 6.02. The molecule has 3 rings (SSSR count). The minimum Gasteiger partial charge on any atom is -0.497 e. The van der Waals surface area contributed by atoms with Crippen LogP contribution in [0.5, 0.6) is 5.75 Å². The number of aryl methyl sites for hydroxylation is 1. The van der Waals surface area contributed by atoms with Gasteiger partial charge in [-0.3, -0.25) is 0 Å². The number of hydrogen-bond acceptors (Lipinski definition) is 4. The smallest absolute Gasteiger partial charge is 0.243 e. The molecule has 1 unspecified atom stereocenters. The number of rotatable bonds is 3. The van der Waals surface area contributed by atoms with Gasteiger partial charge in [-0.15, -0.1) is 0 Å². The number of nitrogens with zero attached hydrogens (tertiary/aromatic N) is 1. The zero-order valence-corrected chi connectivity index (χ0v) is 14.6. The van der Waals surface area contributed by atoms with E-state index in [4.69, 9.17) is 4.74 Å². The van der Waals surface area contributed by atoms with E-state index in [0.717, 1.165) is 16.7 Å². The predicted octanol–water partition coefficient (Wildman–Crippen LogP) is 2.63. The van der Waals surface area contributed by atoms with Gasteiger partial charge < -0.3 is 9.84 Å². The van der Waals surface area contributed by atoms with Gasteiger partial charge in [0.25, 0.3) is 0 Å². The van der Waals surface area contributed by atoms with Gasteiger partial charge in [0.1, 0.15) is 5.75 Å². The lowest BCUT2D eigenvalue weighted by atomic mass is 10.0. The third-order valence-electron chi connectivity index (χ3n) is 4.37. The van der Waals surface area contributed by atoms with Gasteiger partial charge in [-0.1, -0.05) is 23.8 Å². The summed E-state index contributed by atoms with van der Waals surface area (Å²) in [6.07, 6.45) is -0.311. The van der Waals surface area contributed by atoms with Crippen LogP contribution in [0.1, 0.15) is 29.2 Å². The van der Waals surface area contributed by atoms with Crippen molar-refractivity contribution in [3.05, 3.63) is 59.2 Å². The van der Waals surface area contributed by atoms with Gasteiger partial charge in [-0.2, -0.15) is 4.31 Å². The summed E-state index contributed by atoms with van der Waals surface area (Å²) < 4.78 is 32.5. The van der Waals surface area contributed by atoms with E-state index in [0.29, 0.717) is 12.2 Å². The molecule has 1 aliphatic heterocycles. The fourth-order valence-electron chi connectivity index (χ4n) is 2.93. The topological polar surface area (TPSA) is 66.8 Å². The van der Waals surface area contributed by atoms with E-state index >= 15 is 0 Å². The Kier molecular flexibility index (Phi) is 4.62. The third kappa shape index (κ3) is 3.17. The van der Waals surface area contributed by atoms with Crippen molar-refractivity contribution >= 4 is 10.0 Å². The molecule has 0 amide bonds. The largest absolute Gasteiger partial charge is 0.497 e. The monoisotopic (exact) mass is 347 g/mol. The summed E-state index contributed by atoms with van der Waals surface area (Å²) in [5, 5.41) is 10.3. The lowest BCUT2D eigenvalue weighted by Crippen LogP contribution is -2.31. The van der Waals surface area contributed by atoms with Gasteiger partial charge in [0, 0.05) is 13.1 Å². The number of methoxy groups -OCH3 is 1. The van der Waals surface area contributed by atoms with Crippen LogP contribution in [0.3, 0.4) is 0 Å². The highest BCUT2D eigenvalue weighted by molar-refractivity contribution is 7.89. The summed E-state index contributed by atoms with van der Waals surface area (Å²) in [6, 6.07) is 12.2. The Labute approximate surface area is 142 Å². The molecule has 1 atom stereocenters. The highest BCUT2D eigenvalue weighted by Gasteiger charge is 2.29. The average Bonchev–Trinajstić information content (AvgIpc) is 2.74. The van der Waals surface area contributed by atoms with Gasteiger partial charge >= 0.3 is 0 Å². The Morgan fingerprint density at radius 1 is 1.17 bits per heavy atom. The lowest BCUT2D eigenvalue weighted by molar-refractivity contribution is 0.164. The average molecular weight is 347 g/mol. The van der Waals surface area contributed by atoms with Crippen LogP contribution in [0.4, 0.5) is 0 Å². The molecule has 0 aliphatic carbocycles. The fraction of sp³-hybridized carbons (Fsp3) is 0.333. The van der Waals surface area contributed by atoms with Crippen LogP contribution in [0.2, 0.25) is 0 Å². The first-order valence-electron chi connectivity index (χ1n) is 7.83. The standard InChI is InChI=1S/C18H21NO4S/c1-13-3-6-16(7-4-13)24(21,22)19-10-9-18(20)17-8-5-15(23-2)11-14(17)12-19/h3-8,11,18,20H,9-10,12H2,1-2H3. The van der Waals surface area contributed by atoms with Crippen molar-refractivity contribution in [1.29, 1.82) is 0 Å². The van der Waals surface area contributed by atoms with E-state index in [1.165, 1.54) is 4.31 Å². The molecule has 0 bridgehead atoms. The molecule has 1 N–H and O–H groups in total. The first-order valence-corrected chi connectivity index (χ1v) is 9.27. The molecule has 0 saturated heterocycles. The molecule has 0 radical (unpaired) electrons. The first-order chi connectivity index (χ1) is 11.4. The number of fused-ring (bicyclic) bond motifs is 1. The summed E-state index contributed by atoms with van der Waals surface area (Å²) in [7, 11) is -2.04. The van der Waals surface area contributed by atoms with Gasteiger partial charge in [0.15, 0.2) is 0 Å². The second kappa shape index (κ2) is 6.55. The molecule has 0 fully saturated rings. The van der Waals surface area contributed by atoms with Crippen LogP contribution in [0.25, 0.3) is 0 Å². The number of aliphatic hydroxyl groups is 1. The van der Waals surface area contributed by atoms with Crippen LogP contribution >= 0.6 is 0 Å². The van der Waals surface area contributed by atoms with E-state index in [9.17, 15) is 13.5 Å².